The molecule has 3 heteroatoms. The zero-order chi connectivity index (χ0) is 13.1. The van der Waals surface area contributed by atoms with Crippen molar-refractivity contribution >= 4 is 0 Å². The van der Waals surface area contributed by atoms with E-state index in [0.717, 1.165) is 18.1 Å². The largest absolute Gasteiger partial charge is 0.314 e. The molecule has 1 N–H and O–H groups in total. The van der Waals surface area contributed by atoms with Crippen molar-refractivity contribution in [3.8, 4) is 0 Å². The summed E-state index contributed by atoms with van der Waals surface area (Å²) in [6, 6.07) is 2.52. The quantitative estimate of drug-likeness (QED) is 0.742. The third-order valence-corrected chi connectivity index (χ3v) is 5.27. The minimum atomic E-state index is 0.779. The summed E-state index contributed by atoms with van der Waals surface area (Å²) in [5.41, 5.74) is 0. The number of nitrogens with zero attached hydrogens (tertiary/aromatic N) is 2. The molecule has 2 aliphatic heterocycles. The molecule has 0 amide bonds. The monoisotopic (exact) mass is 265 g/mol. The predicted octanol–water partition coefficient (Wildman–Crippen LogP) is 2.08. The summed E-state index contributed by atoms with van der Waals surface area (Å²) in [6.07, 6.45) is 9.79. The molecule has 0 radical (unpaired) electrons. The Kier molecular flexibility index (Phi) is 4.78. The van der Waals surface area contributed by atoms with Gasteiger partial charge in [-0.2, -0.15) is 0 Å². The zero-order valence-electron chi connectivity index (χ0n) is 12.6. The summed E-state index contributed by atoms with van der Waals surface area (Å²) in [4.78, 5) is 5.51. The molecule has 0 aromatic heterocycles. The molecular weight excluding hydrogens is 234 g/mol. The molecular formula is C16H31N3. The Morgan fingerprint density at radius 2 is 1.95 bits per heavy atom. The highest BCUT2D eigenvalue weighted by Crippen LogP contribution is 2.23. The lowest BCUT2D eigenvalue weighted by molar-refractivity contribution is 0.173. The van der Waals surface area contributed by atoms with Crippen LogP contribution in [0.25, 0.3) is 0 Å². The van der Waals surface area contributed by atoms with Gasteiger partial charge in [-0.1, -0.05) is 0 Å². The normalized spacial score (nSPS) is 31.1. The first-order chi connectivity index (χ1) is 9.33. The van der Waals surface area contributed by atoms with Crippen molar-refractivity contribution in [2.45, 2.75) is 70.0 Å². The average molecular weight is 265 g/mol. The summed E-state index contributed by atoms with van der Waals surface area (Å²) in [5.74, 6) is 0. The molecule has 3 aliphatic rings. The van der Waals surface area contributed by atoms with Gasteiger partial charge in [0.2, 0.25) is 0 Å². The smallest absolute Gasteiger partial charge is 0.0223 e. The van der Waals surface area contributed by atoms with Crippen LogP contribution in [0.15, 0.2) is 0 Å². The highest BCUT2D eigenvalue weighted by Gasteiger charge is 2.30. The van der Waals surface area contributed by atoms with Gasteiger partial charge in [0.1, 0.15) is 0 Å². The van der Waals surface area contributed by atoms with E-state index in [1.165, 1.54) is 77.7 Å². The number of hydrogen-bond acceptors (Lipinski definition) is 3. The molecule has 2 saturated heterocycles. The fourth-order valence-electron chi connectivity index (χ4n) is 3.81. The van der Waals surface area contributed by atoms with Crippen molar-refractivity contribution in [1.29, 1.82) is 0 Å². The highest BCUT2D eigenvalue weighted by molar-refractivity contribution is 4.86. The Bertz CT molecular complexity index is 277. The summed E-state index contributed by atoms with van der Waals surface area (Å²) in [6.45, 7) is 9.04. The number of hydrogen-bond donors (Lipinski definition) is 1. The third-order valence-electron chi connectivity index (χ3n) is 5.27. The van der Waals surface area contributed by atoms with Gasteiger partial charge in [0.25, 0.3) is 0 Å². The second kappa shape index (κ2) is 6.55. The van der Waals surface area contributed by atoms with Gasteiger partial charge in [-0.25, -0.2) is 0 Å². The lowest BCUT2D eigenvalue weighted by Gasteiger charge is -2.30. The van der Waals surface area contributed by atoms with Crippen molar-refractivity contribution in [1.82, 2.24) is 15.1 Å². The third kappa shape index (κ3) is 3.93. The molecule has 3 rings (SSSR count). The maximum atomic E-state index is 3.64. The molecule has 2 atom stereocenters. The van der Waals surface area contributed by atoms with Gasteiger partial charge in [0, 0.05) is 24.7 Å². The topological polar surface area (TPSA) is 18.5 Å². The molecule has 1 saturated carbocycles. The van der Waals surface area contributed by atoms with Crippen molar-refractivity contribution in [3.05, 3.63) is 0 Å². The van der Waals surface area contributed by atoms with Crippen LogP contribution in [0, 0.1) is 0 Å². The lowest BCUT2D eigenvalue weighted by atomic mass is 10.1. The van der Waals surface area contributed by atoms with E-state index in [2.05, 4.69) is 22.0 Å². The second-order valence-electron chi connectivity index (χ2n) is 6.90. The van der Waals surface area contributed by atoms with Crippen LogP contribution in [-0.2, 0) is 0 Å². The molecule has 2 heterocycles. The summed E-state index contributed by atoms with van der Waals surface area (Å²) in [7, 11) is 0. The van der Waals surface area contributed by atoms with Crippen LogP contribution in [0.3, 0.4) is 0 Å². The van der Waals surface area contributed by atoms with Gasteiger partial charge in [0.15, 0.2) is 0 Å². The van der Waals surface area contributed by atoms with Crippen molar-refractivity contribution in [2.24, 2.45) is 0 Å². The van der Waals surface area contributed by atoms with Gasteiger partial charge in [-0.15, -0.1) is 0 Å². The van der Waals surface area contributed by atoms with Crippen molar-refractivity contribution in [3.63, 3.8) is 0 Å². The Morgan fingerprint density at radius 3 is 2.79 bits per heavy atom. The minimum absolute atomic E-state index is 0.779. The van der Waals surface area contributed by atoms with E-state index in [4.69, 9.17) is 0 Å². The van der Waals surface area contributed by atoms with Crippen LogP contribution < -0.4 is 5.32 Å². The standard InChI is InChI=1S/C16H31N3/c1-14(5-2-9-17-15-7-8-15)19-12-4-11-18-10-3-6-16(18)13-19/h14-17H,2-13H2,1H3. The molecule has 19 heavy (non-hydrogen) atoms. The van der Waals surface area contributed by atoms with Crippen LogP contribution in [0.5, 0.6) is 0 Å². The summed E-state index contributed by atoms with van der Waals surface area (Å²) < 4.78 is 0. The Balaban J connectivity index is 1.38. The maximum Gasteiger partial charge on any atom is 0.0223 e. The summed E-state index contributed by atoms with van der Waals surface area (Å²) in [5, 5.41) is 3.64. The van der Waals surface area contributed by atoms with E-state index < -0.39 is 0 Å². The second-order valence-corrected chi connectivity index (χ2v) is 6.90. The molecule has 3 nitrogen and oxygen atoms in total. The zero-order valence-corrected chi connectivity index (χ0v) is 12.6. The van der Waals surface area contributed by atoms with E-state index in [0.29, 0.717) is 0 Å². The van der Waals surface area contributed by atoms with Crippen LogP contribution >= 0.6 is 0 Å². The van der Waals surface area contributed by atoms with Gasteiger partial charge in [0.05, 0.1) is 0 Å². The van der Waals surface area contributed by atoms with E-state index in [1.54, 1.807) is 0 Å². The van der Waals surface area contributed by atoms with Gasteiger partial charge in [-0.05, 0) is 78.0 Å². The van der Waals surface area contributed by atoms with Gasteiger partial charge >= 0.3 is 0 Å². The first kappa shape index (κ1) is 13.8. The Hall–Kier alpha value is -0.120. The van der Waals surface area contributed by atoms with Crippen molar-refractivity contribution < 1.29 is 0 Å². The van der Waals surface area contributed by atoms with E-state index in [1.807, 2.05) is 0 Å². The Labute approximate surface area is 118 Å². The fourth-order valence-corrected chi connectivity index (χ4v) is 3.81. The maximum absolute atomic E-state index is 3.64. The highest BCUT2D eigenvalue weighted by atomic mass is 15.3. The number of fused-ring (bicyclic) bond motifs is 1. The minimum Gasteiger partial charge on any atom is -0.314 e. The fraction of sp³-hybridized carbons (Fsp3) is 1.00. The molecule has 110 valence electrons. The molecule has 2 unspecified atom stereocenters. The lowest BCUT2D eigenvalue weighted by Crippen LogP contribution is -2.41. The molecule has 0 bridgehead atoms. The Morgan fingerprint density at radius 1 is 1.11 bits per heavy atom. The molecule has 3 fully saturated rings. The van der Waals surface area contributed by atoms with Crippen molar-refractivity contribution in [2.75, 3.05) is 32.7 Å². The number of rotatable bonds is 6. The van der Waals surface area contributed by atoms with Gasteiger partial charge < -0.3 is 5.32 Å². The van der Waals surface area contributed by atoms with E-state index >= 15 is 0 Å². The predicted molar refractivity (Wildman–Crippen MR) is 80.5 cm³/mol. The number of nitrogens with one attached hydrogen (secondary N) is 1. The molecule has 0 aromatic carbocycles. The molecule has 0 aromatic rings. The molecule has 1 aliphatic carbocycles. The van der Waals surface area contributed by atoms with Crippen LogP contribution in [-0.4, -0.2) is 60.6 Å². The van der Waals surface area contributed by atoms with E-state index in [9.17, 15) is 0 Å². The first-order valence-corrected chi connectivity index (χ1v) is 8.54. The van der Waals surface area contributed by atoms with Crippen LogP contribution in [0.4, 0.5) is 0 Å². The van der Waals surface area contributed by atoms with Gasteiger partial charge in [-0.3, -0.25) is 9.80 Å². The summed E-state index contributed by atoms with van der Waals surface area (Å²) >= 11 is 0. The van der Waals surface area contributed by atoms with Crippen LogP contribution in [0.1, 0.15) is 51.9 Å². The van der Waals surface area contributed by atoms with E-state index in [-0.39, 0.29) is 0 Å². The first-order valence-electron chi connectivity index (χ1n) is 8.54. The average Bonchev–Trinajstić information content (AvgIpc) is 3.18. The SMILES string of the molecule is CC(CCCNC1CC1)N1CCCN2CCCC2C1. The molecule has 0 spiro atoms. The van der Waals surface area contributed by atoms with Crippen LogP contribution in [0.2, 0.25) is 0 Å².